The summed E-state index contributed by atoms with van der Waals surface area (Å²) < 4.78 is 68.6. The Morgan fingerprint density at radius 1 is 0.307 bits per heavy atom. The van der Waals surface area contributed by atoms with Gasteiger partial charge in [0.05, 0.1) is 26.4 Å². The van der Waals surface area contributed by atoms with Crippen molar-refractivity contribution in [1.29, 1.82) is 0 Å². The van der Waals surface area contributed by atoms with Gasteiger partial charge in [-0.15, -0.1) is 0 Å². The van der Waals surface area contributed by atoms with E-state index in [1.54, 1.807) is 0 Å². The molecule has 0 saturated heterocycles. The fourth-order valence-electron chi connectivity index (χ4n) is 12.2. The zero-order valence-corrected chi connectivity index (χ0v) is 67.3. The molecule has 0 aliphatic carbocycles. The number of aliphatic hydroxyl groups is 1. The van der Waals surface area contributed by atoms with E-state index in [-0.39, 0.29) is 25.7 Å². The molecule has 2 unspecified atom stereocenters. The molecule has 0 aliphatic rings. The highest BCUT2D eigenvalue weighted by molar-refractivity contribution is 7.47. The van der Waals surface area contributed by atoms with Crippen molar-refractivity contribution in [2.45, 2.75) is 432 Å². The fraction of sp³-hybridized carbons (Fsp3) is 0.902. The van der Waals surface area contributed by atoms with Gasteiger partial charge in [0.1, 0.15) is 19.3 Å². The molecule has 0 aromatic carbocycles. The summed E-state index contributed by atoms with van der Waals surface area (Å²) in [6.45, 7) is 7.24. The first kappa shape index (κ1) is 98.5. The maximum absolute atomic E-state index is 13.1. The first-order chi connectivity index (χ1) is 49.0. The molecular weight excluding hydrogens is 1320 g/mol. The van der Waals surface area contributed by atoms with Crippen LogP contribution in [0.25, 0.3) is 0 Å². The Bertz CT molecular complexity index is 2020. The van der Waals surface area contributed by atoms with Crippen LogP contribution in [0.4, 0.5) is 0 Å². The van der Waals surface area contributed by atoms with E-state index in [4.69, 9.17) is 37.0 Å². The molecule has 0 heterocycles. The Balaban J connectivity index is 5.19. The average Bonchev–Trinajstić information content (AvgIpc) is 0.945. The Hall–Kier alpha value is -2.46. The summed E-state index contributed by atoms with van der Waals surface area (Å²) >= 11 is 0. The number of phosphoric ester groups is 2. The van der Waals surface area contributed by atoms with E-state index < -0.39 is 97.5 Å². The second-order valence-electron chi connectivity index (χ2n) is 29.3. The molecule has 3 N–H and O–H groups in total. The van der Waals surface area contributed by atoms with Gasteiger partial charge in [0.15, 0.2) is 12.2 Å². The van der Waals surface area contributed by atoms with Crippen molar-refractivity contribution in [3.8, 4) is 0 Å². The highest BCUT2D eigenvalue weighted by atomic mass is 31.2. The molecule has 0 spiro atoms. The number of phosphoric acid groups is 2. The molecule has 0 amide bonds. The first-order valence-electron chi connectivity index (χ1n) is 42.0. The van der Waals surface area contributed by atoms with Crippen molar-refractivity contribution < 1.29 is 80.2 Å². The average molecular weight is 1480 g/mol. The predicted molar refractivity (Wildman–Crippen MR) is 414 cm³/mol. The van der Waals surface area contributed by atoms with Gasteiger partial charge in [0, 0.05) is 25.7 Å². The van der Waals surface area contributed by atoms with Crippen molar-refractivity contribution >= 4 is 39.5 Å². The third-order valence-electron chi connectivity index (χ3n) is 18.7. The highest BCUT2D eigenvalue weighted by Gasteiger charge is 2.30. The van der Waals surface area contributed by atoms with E-state index in [1.165, 1.54) is 212 Å². The van der Waals surface area contributed by atoms with Crippen molar-refractivity contribution in [2.75, 3.05) is 39.6 Å². The van der Waals surface area contributed by atoms with Crippen molar-refractivity contribution in [3.05, 3.63) is 24.3 Å². The number of rotatable bonds is 80. The van der Waals surface area contributed by atoms with Gasteiger partial charge in [-0.05, 0) is 57.3 Å². The van der Waals surface area contributed by atoms with E-state index in [0.29, 0.717) is 25.7 Å². The molecule has 0 aromatic heterocycles. The molecule has 0 bridgehead atoms. The molecule has 101 heavy (non-hydrogen) atoms. The minimum atomic E-state index is -4.97. The molecule has 596 valence electrons. The molecule has 0 aromatic rings. The second kappa shape index (κ2) is 74.4. The number of carbonyl (C=O) groups excluding carboxylic acids is 4. The van der Waals surface area contributed by atoms with Gasteiger partial charge in [-0.1, -0.05) is 361 Å². The van der Waals surface area contributed by atoms with E-state index in [0.717, 1.165) is 121 Å². The number of hydrogen-bond donors (Lipinski definition) is 3. The third kappa shape index (κ3) is 75.6. The lowest BCUT2D eigenvalue weighted by atomic mass is 10.0. The molecular formula is C82H156O17P2. The van der Waals surface area contributed by atoms with Crippen LogP contribution in [-0.4, -0.2) is 96.7 Å². The molecule has 17 nitrogen and oxygen atoms in total. The number of ether oxygens (including phenoxy) is 4. The van der Waals surface area contributed by atoms with E-state index >= 15 is 0 Å². The molecule has 0 fully saturated rings. The van der Waals surface area contributed by atoms with Crippen molar-refractivity contribution in [1.82, 2.24) is 0 Å². The topological polar surface area (TPSA) is 237 Å². The van der Waals surface area contributed by atoms with Crippen LogP contribution in [0.5, 0.6) is 0 Å². The number of carbonyl (C=O) groups is 4. The van der Waals surface area contributed by atoms with E-state index in [9.17, 15) is 43.2 Å². The normalized spacial score (nSPS) is 14.0. The maximum atomic E-state index is 13.1. The molecule has 0 saturated carbocycles. The number of esters is 4. The van der Waals surface area contributed by atoms with E-state index in [2.05, 4.69) is 58.9 Å². The Morgan fingerprint density at radius 2 is 0.535 bits per heavy atom. The quantitative estimate of drug-likeness (QED) is 0.0169. The molecule has 0 aliphatic heterocycles. The van der Waals surface area contributed by atoms with Crippen LogP contribution in [0.15, 0.2) is 24.3 Å². The van der Waals surface area contributed by atoms with Gasteiger partial charge in [0.2, 0.25) is 0 Å². The summed E-state index contributed by atoms with van der Waals surface area (Å²) in [6, 6.07) is 0. The molecule has 19 heteroatoms. The van der Waals surface area contributed by atoms with Gasteiger partial charge in [-0.3, -0.25) is 37.3 Å². The third-order valence-corrected chi connectivity index (χ3v) is 20.6. The van der Waals surface area contributed by atoms with Gasteiger partial charge in [-0.25, -0.2) is 9.13 Å². The van der Waals surface area contributed by atoms with Crippen LogP contribution >= 0.6 is 15.6 Å². The Kier molecular flexibility index (Phi) is 72.6. The van der Waals surface area contributed by atoms with Gasteiger partial charge < -0.3 is 33.8 Å². The van der Waals surface area contributed by atoms with E-state index in [1.807, 2.05) is 0 Å². The Labute approximate surface area is 618 Å². The van der Waals surface area contributed by atoms with Crippen LogP contribution in [0, 0.1) is 5.92 Å². The van der Waals surface area contributed by atoms with Gasteiger partial charge in [0.25, 0.3) is 0 Å². The SMILES string of the molecule is CCCCCC/C=C\C=C/CCCCCCCC(=O)O[C@H](COC(=O)CCCCCCCCC)COP(=O)(O)OC[C@H](O)COP(=O)(O)OC[C@@H](COC(=O)CCCCCCCCCCCCCCCCC(C)C)OC(=O)CCCCCCCCCCCCCCCCCCCCCCCC. The minimum Gasteiger partial charge on any atom is -0.462 e. The summed E-state index contributed by atoms with van der Waals surface area (Å²) in [5.41, 5.74) is 0. The van der Waals surface area contributed by atoms with Crippen LogP contribution in [0.3, 0.4) is 0 Å². The second-order valence-corrected chi connectivity index (χ2v) is 32.2. The summed E-state index contributed by atoms with van der Waals surface area (Å²) in [6.07, 6.45) is 69.1. The van der Waals surface area contributed by atoms with Gasteiger partial charge in [-0.2, -0.15) is 0 Å². The fourth-order valence-corrected chi connectivity index (χ4v) is 13.8. The molecule has 0 radical (unpaired) electrons. The lowest BCUT2D eigenvalue weighted by Crippen LogP contribution is -2.30. The lowest BCUT2D eigenvalue weighted by Gasteiger charge is -2.21. The Morgan fingerprint density at radius 3 is 0.812 bits per heavy atom. The van der Waals surface area contributed by atoms with Crippen molar-refractivity contribution in [2.24, 2.45) is 5.92 Å². The largest absolute Gasteiger partial charge is 0.472 e. The van der Waals surface area contributed by atoms with Crippen LogP contribution < -0.4 is 0 Å². The lowest BCUT2D eigenvalue weighted by molar-refractivity contribution is -0.161. The van der Waals surface area contributed by atoms with Crippen LogP contribution in [0.1, 0.15) is 413 Å². The predicted octanol–water partition coefficient (Wildman–Crippen LogP) is 24.4. The number of hydrogen-bond acceptors (Lipinski definition) is 15. The smallest absolute Gasteiger partial charge is 0.462 e. The zero-order chi connectivity index (χ0) is 74.1. The number of aliphatic hydroxyl groups excluding tert-OH is 1. The van der Waals surface area contributed by atoms with Crippen LogP contribution in [0.2, 0.25) is 0 Å². The van der Waals surface area contributed by atoms with Gasteiger partial charge >= 0.3 is 39.5 Å². The molecule has 5 atom stereocenters. The summed E-state index contributed by atoms with van der Waals surface area (Å²) in [5, 5.41) is 10.6. The summed E-state index contributed by atoms with van der Waals surface area (Å²) in [7, 11) is -9.93. The minimum absolute atomic E-state index is 0.0850. The monoisotopic (exact) mass is 1480 g/mol. The molecule has 0 rings (SSSR count). The maximum Gasteiger partial charge on any atom is 0.472 e. The summed E-state index contributed by atoms with van der Waals surface area (Å²) in [5.74, 6) is -1.34. The van der Waals surface area contributed by atoms with Crippen LogP contribution in [-0.2, 0) is 65.4 Å². The zero-order valence-electron chi connectivity index (χ0n) is 65.5. The highest BCUT2D eigenvalue weighted by Crippen LogP contribution is 2.45. The van der Waals surface area contributed by atoms with Crippen molar-refractivity contribution in [3.63, 3.8) is 0 Å². The number of allylic oxidation sites excluding steroid dienone is 4. The first-order valence-corrected chi connectivity index (χ1v) is 44.9. The standard InChI is InChI=1S/C82H156O17P2/c1-6-9-12-15-18-20-22-24-26-27-28-29-30-31-32-34-40-44-48-53-58-63-68-82(87)99-78(72-93-80(85)66-61-56-51-46-42-38-36-35-37-41-45-50-54-59-64-75(4)5)74-97-101(90,91)95-70-76(83)69-94-100(88,89)96-73-77(71-92-79(84)65-60-55-49-17-14-11-8-3)98-81(86)67-62-57-52-47-43-39-33-25-23-21-19-16-13-10-7-2/h21,23,25,33,75-78,83H,6-20,22,24,26-32,34-74H2,1-5H3,(H,88,89)(H,90,91)/b23-21-,33-25-/t76-,77+,78+/m0/s1. The number of unbranched alkanes of at least 4 members (excludes halogenated alkanes) is 49. The summed E-state index contributed by atoms with van der Waals surface area (Å²) in [4.78, 5) is 72.9.